The zero-order valence-corrected chi connectivity index (χ0v) is 14.0. The molecule has 4 nitrogen and oxygen atoms in total. The lowest BCUT2D eigenvalue weighted by molar-refractivity contribution is -0.137. The van der Waals surface area contributed by atoms with Gasteiger partial charge in [-0.3, -0.25) is 0 Å². The van der Waals surface area contributed by atoms with E-state index in [1.54, 1.807) is 4.90 Å². The molecule has 0 aliphatic carbocycles. The summed E-state index contributed by atoms with van der Waals surface area (Å²) in [6, 6.07) is 8.12. The van der Waals surface area contributed by atoms with Crippen LogP contribution in [0.15, 0.2) is 42.6 Å². The monoisotopic (exact) mass is 351 g/mol. The second-order valence-corrected chi connectivity index (χ2v) is 6.52. The molecule has 134 valence electrons. The number of aromatic nitrogens is 1. The van der Waals surface area contributed by atoms with Gasteiger partial charge >= 0.3 is 12.2 Å². The lowest BCUT2D eigenvalue weighted by atomic mass is 9.97. The van der Waals surface area contributed by atoms with Crippen LogP contribution in [0.1, 0.15) is 31.1 Å². The van der Waals surface area contributed by atoms with Crippen LogP contribution in [0.5, 0.6) is 0 Å². The largest absolute Gasteiger partial charge is 0.416 e. The van der Waals surface area contributed by atoms with Crippen LogP contribution in [0.2, 0.25) is 0 Å². The fourth-order valence-electron chi connectivity index (χ4n) is 3.31. The van der Waals surface area contributed by atoms with Gasteiger partial charge < -0.3 is 14.8 Å². The van der Waals surface area contributed by atoms with E-state index in [1.165, 1.54) is 12.1 Å². The van der Waals surface area contributed by atoms with Gasteiger partial charge in [0, 0.05) is 30.7 Å². The predicted molar refractivity (Wildman–Crippen MR) is 89.2 cm³/mol. The number of alkyl halides is 3. The molecule has 0 radical (unpaired) electrons. The lowest BCUT2D eigenvalue weighted by Crippen LogP contribution is -2.45. The van der Waals surface area contributed by atoms with Crippen molar-refractivity contribution in [2.45, 2.75) is 32.6 Å². The van der Waals surface area contributed by atoms with Gasteiger partial charge in [0.1, 0.15) is 0 Å². The topological polar surface area (TPSA) is 37.3 Å². The zero-order valence-electron chi connectivity index (χ0n) is 14.0. The Morgan fingerprint density at radius 1 is 1.20 bits per heavy atom. The summed E-state index contributed by atoms with van der Waals surface area (Å²) >= 11 is 0. The number of benzene rings is 1. The minimum Gasteiger partial charge on any atom is -0.348 e. The highest BCUT2D eigenvalue weighted by Gasteiger charge is 2.34. The molecule has 0 saturated heterocycles. The molecule has 0 fully saturated rings. The molecule has 1 aliphatic rings. The van der Waals surface area contributed by atoms with E-state index in [9.17, 15) is 18.0 Å². The predicted octanol–water partition coefficient (Wildman–Crippen LogP) is 4.75. The highest BCUT2D eigenvalue weighted by molar-refractivity contribution is 5.89. The molecule has 1 N–H and O–H groups in total. The number of halogens is 3. The number of hydrogen-bond donors (Lipinski definition) is 1. The molecule has 3 rings (SSSR count). The smallest absolute Gasteiger partial charge is 0.348 e. The standard InChI is InChI=1S/C18H20F3N3O/c1-12(2)16-15-7-4-8-23(15)9-10-24(16)17(25)22-14-6-3-5-13(11-14)18(19,20)21/h3-8,11-12,16H,9-10H2,1-2H3,(H,22,25)/t16-/m0/s1. The first-order valence-corrected chi connectivity index (χ1v) is 8.17. The zero-order chi connectivity index (χ0) is 18.2. The van der Waals surface area contributed by atoms with Gasteiger partial charge in [-0.2, -0.15) is 13.2 Å². The molecule has 2 amide bonds. The van der Waals surface area contributed by atoms with Crippen LogP contribution in [-0.4, -0.2) is 22.0 Å². The maximum Gasteiger partial charge on any atom is 0.416 e. The van der Waals surface area contributed by atoms with E-state index < -0.39 is 11.7 Å². The Labute approximate surface area is 144 Å². The highest BCUT2D eigenvalue weighted by atomic mass is 19.4. The SMILES string of the molecule is CC(C)[C@H]1c2cccn2CCN1C(=O)Nc1cccc(C(F)(F)F)c1. The van der Waals surface area contributed by atoms with Crippen molar-refractivity contribution < 1.29 is 18.0 Å². The number of carbonyl (C=O) groups excluding carboxylic acids is 1. The maximum atomic E-state index is 12.8. The van der Waals surface area contributed by atoms with Crippen LogP contribution in [0, 0.1) is 5.92 Å². The highest BCUT2D eigenvalue weighted by Crippen LogP contribution is 2.34. The van der Waals surface area contributed by atoms with Gasteiger partial charge in [0.25, 0.3) is 0 Å². The number of carbonyl (C=O) groups is 1. The average Bonchev–Trinajstić information content (AvgIpc) is 3.01. The Bertz CT molecular complexity index is 767. The summed E-state index contributed by atoms with van der Waals surface area (Å²) < 4.78 is 40.6. The number of anilines is 1. The average molecular weight is 351 g/mol. The fourth-order valence-corrected chi connectivity index (χ4v) is 3.31. The first-order chi connectivity index (χ1) is 11.8. The lowest BCUT2D eigenvalue weighted by Gasteiger charge is -2.39. The third kappa shape index (κ3) is 3.50. The van der Waals surface area contributed by atoms with Gasteiger partial charge in [-0.15, -0.1) is 0 Å². The van der Waals surface area contributed by atoms with E-state index in [0.717, 1.165) is 17.8 Å². The summed E-state index contributed by atoms with van der Waals surface area (Å²) in [5.74, 6) is 0.182. The molecule has 0 unspecified atom stereocenters. The third-order valence-corrected chi connectivity index (χ3v) is 4.42. The van der Waals surface area contributed by atoms with Crippen molar-refractivity contribution in [1.29, 1.82) is 0 Å². The van der Waals surface area contributed by atoms with Gasteiger partial charge in [0.15, 0.2) is 0 Å². The van der Waals surface area contributed by atoms with Crippen LogP contribution >= 0.6 is 0 Å². The second-order valence-electron chi connectivity index (χ2n) is 6.52. The number of fused-ring (bicyclic) bond motifs is 1. The Hall–Kier alpha value is -2.44. The van der Waals surface area contributed by atoms with E-state index in [0.29, 0.717) is 13.1 Å². The third-order valence-electron chi connectivity index (χ3n) is 4.42. The van der Waals surface area contributed by atoms with Gasteiger partial charge in [0.05, 0.1) is 11.6 Å². The van der Waals surface area contributed by atoms with Gasteiger partial charge in [-0.1, -0.05) is 19.9 Å². The Morgan fingerprint density at radius 2 is 1.96 bits per heavy atom. The molecule has 0 spiro atoms. The molecule has 1 aliphatic heterocycles. The van der Waals surface area contributed by atoms with Crippen molar-refractivity contribution in [3.8, 4) is 0 Å². The molecular formula is C18H20F3N3O. The summed E-state index contributed by atoms with van der Waals surface area (Å²) in [5, 5.41) is 2.61. The minimum atomic E-state index is -4.44. The van der Waals surface area contributed by atoms with Crippen LogP contribution < -0.4 is 5.32 Å². The second kappa shape index (κ2) is 6.46. The van der Waals surface area contributed by atoms with E-state index in [-0.39, 0.29) is 23.7 Å². The molecule has 2 aromatic rings. The summed E-state index contributed by atoms with van der Waals surface area (Å²) in [7, 11) is 0. The van der Waals surface area contributed by atoms with Crippen LogP contribution in [-0.2, 0) is 12.7 Å². The van der Waals surface area contributed by atoms with Crippen molar-refractivity contribution >= 4 is 11.7 Å². The van der Waals surface area contributed by atoms with Crippen molar-refractivity contribution in [2.75, 3.05) is 11.9 Å². The normalized spacial score (nSPS) is 17.5. The Kier molecular flexibility index (Phi) is 4.49. The van der Waals surface area contributed by atoms with Crippen molar-refractivity contribution in [3.05, 3.63) is 53.9 Å². The van der Waals surface area contributed by atoms with Crippen LogP contribution in [0.25, 0.3) is 0 Å². The Morgan fingerprint density at radius 3 is 2.64 bits per heavy atom. The van der Waals surface area contributed by atoms with E-state index in [4.69, 9.17) is 0 Å². The first-order valence-electron chi connectivity index (χ1n) is 8.17. The van der Waals surface area contributed by atoms with Crippen LogP contribution in [0.3, 0.4) is 0 Å². The van der Waals surface area contributed by atoms with Crippen LogP contribution in [0.4, 0.5) is 23.7 Å². The van der Waals surface area contributed by atoms with Gasteiger partial charge in [0.2, 0.25) is 0 Å². The quantitative estimate of drug-likeness (QED) is 0.833. The molecule has 2 heterocycles. The fraction of sp³-hybridized carbons (Fsp3) is 0.389. The molecule has 7 heteroatoms. The number of nitrogens with zero attached hydrogens (tertiary/aromatic N) is 2. The summed E-state index contributed by atoms with van der Waals surface area (Å²) in [4.78, 5) is 14.4. The number of hydrogen-bond acceptors (Lipinski definition) is 1. The summed E-state index contributed by atoms with van der Waals surface area (Å²) in [6.45, 7) is 5.23. The molecular weight excluding hydrogens is 331 g/mol. The van der Waals surface area contributed by atoms with Crippen molar-refractivity contribution in [2.24, 2.45) is 5.92 Å². The van der Waals surface area contributed by atoms with E-state index in [1.807, 2.05) is 32.2 Å². The maximum absolute atomic E-state index is 12.8. The minimum absolute atomic E-state index is 0.116. The number of urea groups is 1. The molecule has 1 aromatic heterocycles. The molecule has 1 aromatic carbocycles. The Balaban J connectivity index is 1.82. The number of amides is 2. The van der Waals surface area contributed by atoms with Gasteiger partial charge in [-0.05, 0) is 36.2 Å². The summed E-state index contributed by atoms with van der Waals surface area (Å²) in [5.41, 5.74) is 0.405. The molecule has 1 atom stereocenters. The van der Waals surface area contributed by atoms with Gasteiger partial charge in [-0.25, -0.2) is 4.79 Å². The summed E-state index contributed by atoms with van der Waals surface area (Å²) in [6.07, 6.45) is -2.46. The number of rotatable bonds is 2. The van der Waals surface area contributed by atoms with E-state index in [2.05, 4.69) is 9.88 Å². The molecule has 0 bridgehead atoms. The number of nitrogens with one attached hydrogen (secondary N) is 1. The van der Waals surface area contributed by atoms with E-state index >= 15 is 0 Å². The van der Waals surface area contributed by atoms with Crippen molar-refractivity contribution in [3.63, 3.8) is 0 Å². The first kappa shape index (κ1) is 17.4. The molecule has 0 saturated carbocycles. The molecule has 25 heavy (non-hydrogen) atoms. The van der Waals surface area contributed by atoms with Crippen molar-refractivity contribution in [1.82, 2.24) is 9.47 Å².